The molecule has 0 saturated heterocycles. The molecule has 1 aliphatic heterocycles. The largest absolute Gasteiger partial charge is 1.00 e. The van der Waals surface area contributed by atoms with Crippen LogP contribution in [0.5, 0.6) is 23.0 Å². The van der Waals surface area contributed by atoms with E-state index in [-0.39, 0.29) is 24.0 Å². The van der Waals surface area contributed by atoms with Crippen molar-refractivity contribution in [2.75, 3.05) is 21.3 Å². The molecular weight excluding hydrogens is 589 g/mol. The van der Waals surface area contributed by atoms with Crippen LogP contribution in [0.4, 0.5) is 0 Å². The van der Waals surface area contributed by atoms with Gasteiger partial charge in [-0.3, -0.25) is 0 Å². The molecule has 1 aliphatic rings. The Bertz CT molecular complexity index is 1420. The molecule has 0 fully saturated rings. The van der Waals surface area contributed by atoms with E-state index in [2.05, 4.69) is 35.9 Å². The lowest BCUT2D eigenvalue weighted by molar-refractivity contribution is -0.686. The third-order valence-corrected chi connectivity index (χ3v) is 6.91. The smallest absolute Gasteiger partial charge is 0.216 e. The van der Waals surface area contributed by atoms with Crippen molar-refractivity contribution >= 4 is 22.4 Å². The van der Waals surface area contributed by atoms with E-state index in [4.69, 9.17) is 30.5 Å². The second-order valence-electron chi connectivity index (χ2n) is 8.59. The first kappa shape index (κ1) is 26.4. The van der Waals surface area contributed by atoms with E-state index >= 15 is 0 Å². The summed E-state index contributed by atoms with van der Waals surface area (Å²) in [6.45, 7) is 3.46. The van der Waals surface area contributed by atoms with Crippen LogP contribution in [0.2, 0.25) is 5.02 Å². The molecule has 0 unspecified atom stereocenters. The van der Waals surface area contributed by atoms with Crippen molar-refractivity contribution in [1.29, 1.82) is 0 Å². The summed E-state index contributed by atoms with van der Waals surface area (Å²) in [7, 11) is 5.03. The minimum Gasteiger partial charge on any atom is -1.00 e. The maximum atomic E-state index is 6.38. The third kappa shape index (κ3) is 4.68. The summed E-state index contributed by atoms with van der Waals surface area (Å²) in [5, 5.41) is 2.89. The second kappa shape index (κ2) is 11.1. The summed E-state index contributed by atoms with van der Waals surface area (Å²) in [5.41, 5.74) is 5.94. The SMILES string of the molecule is CCc1c2[n+](cc3c(OCc4cccc(Cl)c4)c(OC)ccc13)CCc1cc(OC)c(OC)cc1-2.[I-]. The number of methoxy groups -OCH3 is 3. The molecule has 1 aromatic heterocycles. The summed E-state index contributed by atoms with van der Waals surface area (Å²) in [4.78, 5) is 0. The first-order chi connectivity index (χ1) is 17.1. The maximum absolute atomic E-state index is 6.38. The number of hydrogen-bond acceptors (Lipinski definition) is 4. The van der Waals surface area contributed by atoms with Gasteiger partial charge in [-0.05, 0) is 53.9 Å². The van der Waals surface area contributed by atoms with Crippen molar-refractivity contribution in [3.05, 3.63) is 76.4 Å². The fourth-order valence-corrected chi connectivity index (χ4v) is 5.24. The Balaban J connectivity index is 0.00000304. The molecule has 5 nitrogen and oxygen atoms in total. The highest BCUT2D eigenvalue weighted by atomic mass is 127. The van der Waals surface area contributed by atoms with Crippen LogP contribution in [0.1, 0.15) is 23.6 Å². The van der Waals surface area contributed by atoms with Crippen LogP contribution in [0.25, 0.3) is 22.0 Å². The molecule has 0 aliphatic carbocycles. The number of pyridine rings is 1. The molecule has 0 radical (unpaired) electrons. The Morgan fingerprint density at radius 2 is 1.64 bits per heavy atom. The maximum Gasteiger partial charge on any atom is 0.216 e. The third-order valence-electron chi connectivity index (χ3n) is 6.68. The molecule has 2 heterocycles. The number of aryl methyl sites for hydroxylation is 3. The summed E-state index contributed by atoms with van der Waals surface area (Å²) in [5.74, 6) is 2.96. The molecule has 3 aromatic carbocycles. The van der Waals surface area contributed by atoms with E-state index < -0.39 is 0 Å². The predicted octanol–water partition coefficient (Wildman–Crippen LogP) is 3.18. The summed E-state index contributed by atoms with van der Waals surface area (Å²) < 4.78 is 25.6. The van der Waals surface area contributed by atoms with Crippen molar-refractivity contribution in [1.82, 2.24) is 0 Å². The van der Waals surface area contributed by atoms with Crippen LogP contribution in [0.3, 0.4) is 0 Å². The quantitative estimate of drug-likeness (QED) is 0.236. The van der Waals surface area contributed by atoms with Crippen molar-refractivity contribution in [3.63, 3.8) is 0 Å². The summed E-state index contributed by atoms with van der Waals surface area (Å²) >= 11 is 6.18. The van der Waals surface area contributed by atoms with Gasteiger partial charge < -0.3 is 42.9 Å². The number of aromatic nitrogens is 1. The highest BCUT2D eigenvalue weighted by molar-refractivity contribution is 6.30. The fraction of sp³-hybridized carbons (Fsp3) is 0.276. The summed E-state index contributed by atoms with van der Waals surface area (Å²) in [6.07, 6.45) is 3.98. The highest BCUT2D eigenvalue weighted by Gasteiger charge is 2.30. The van der Waals surface area contributed by atoms with Gasteiger partial charge in [0.2, 0.25) is 5.69 Å². The van der Waals surface area contributed by atoms with Gasteiger partial charge in [-0.25, -0.2) is 0 Å². The standard InChI is InChI=1S/C29H29ClNO4.HI/c1-5-21-22-9-10-25(32-2)29(35-17-18-7-6-8-20(30)13-18)24(22)16-31-12-11-19-14-26(33-3)27(34-4)15-23(19)28(21)31;/h6-10,13-16H,5,11-12,17H2,1-4H3;1H/q+1;/p-1. The Hall–Kier alpha value is -2.71. The number of fused-ring (bicyclic) bond motifs is 4. The fourth-order valence-electron chi connectivity index (χ4n) is 5.02. The van der Waals surface area contributed by atoms with Crippen LogP contribution in [-0.2, 0) is 26.0 Å². The molecule has 0 atom stereocenters. The molecule has 36 heavy (non-hydrogen) atoms. The lowest BCUT2D eigenvalue weighted by Gasteiger charge is -2.22. The Morgan fingerprint density at radius 3 is 2.33 bits per heavy atom. The van der Waals surface area contributed by atoms with Gasteiger partial charge in [0.05, 0.1) is 32.3 Å². The lowest BCUT2D eigenvalue weighted by atomic mass is 9.90. The monoisotopic (exact) mass is 617 g/mol. The van der Waals surface area contributed by atoms with Gasteiger partial charge in [0.25, 0.3) is 0 Å². The van der Waals surface area contributed by atoms with Gasteiger partial charge >= 0.3 is 0 Å². The normalized spacial score (nSPS) is 11.8. The molecule has 0 bridgehead atoms. The first-order valence-electron chi connectivity index (χ1n) is 11.8. The highest BCUT2D eigenvalue weighted by Crippen LogP contribution is 2.42. The van der Waals surface area contributed by atoms with Gasteiger partial charge in [0.1, 0.15) is 6.61 Å². The lowest BCUT2D eigenvalue weighted by Crippen LogP contribution is -3.00. The average Bonchev–Trinajstić information content (AvgIpc) is 2.89. The van der Waals surface area contributed by atoms with E-state index in [1.807, 2.05) is 30.3 Å². The summed E-state index contributed by atoms with van der Waals surface area (Å²) in [6, 6.07) is 16.1. The number of halogens is 2. The van der Waals surface area contributed by atoms with Crippen molar-refractivity contribution in [3.8, 4) is 34.3 Å². The average molecular weight is 618 g/mol. The minimum absolute atomic E-state index is 0. The molecule has 0 amide bonds. The van der Waals surface area contributed by atoms with Crippen LogP contribution in [-0.4, -0.2) is 21.3 Å². The van der Waals surface area contributed by atoms with Crippen molar-refractivity contribution < 1.29 is 47.5 Å². The number of nitrogens with zero attached hydrogens (tertiary/aromatic N) is 1. The number of rotatable bonds is 7. The zero-order valence-electron chi connectivity index (χ0n) is 20.9. The first-order valence-corrected chi connectivity index (χ1v) is 12.1. The van der Waals surface area contributed by atoms with E-state index in [0.717, 1.165) is 53.0 Å². The van der Waals surface area contributed by atoms with Crippen molar-refractivity contribution in [2.45, 2.75) is 32.9 Å². The van der Waals surface area contributed by atoms with Gasteiger partial charge in [0.15, 0.2) is 35.7 Å². The van der Waals surface area contributed by atoms with E-state index in [1.54, 1.807) is 21.3 Å². The molecule has 0 spiro atoms. The van der Waals surface area contributed by atoms with Crippen LogP contribution in [0.15, 0.2) is 54.7 Å². The zero-order valence-corrected chi connectivity index (χ0v) is 23.8. The van der Waals surface area contributed by atoms with Gasteiger partial charge in [-0.15, -0.1) is 0 Å². The second-order valence-corrected chi connectivity index (χ2v) is 9.03. The minimum atomic E-state index is 0. The molecular formula is C29H29ClINO4. The van der Waals surface area contributed by atoms with Gasteiger partial charge in [0, 0.05) is 22.4 Å². The van der Waals surface area contributed by atoms with Gasteiger partial charge in [-0.1, -0.05) is 30.7 Å². The Kier molecular flexibility index (Phi) is 8.15. The number of ether oxygens (including phenoxy) is 4. The predicted molar refractivity (Wildman–Crippen MR) is 138 cm³/mol. The van der Waals surface area contributed by atoms with E-state index in [1.165, 1.54) is 22.4 Å². The molecule has 7 heteroatoms. The number of hydrogen-bond donors (Lipinski definition) is 0. The molecule has 5 rings (SSSR count). The molecule has 0 N–H and O–H groups in total. The topological polar surface area (TPSA) is 40.8 Å². The van der Waals surface area contributed by atoms with E-state index in [9.17, 15) is 0 Å². The Labute approximate surface area is 233 Å². The van der Waals surface area contributed by atoms with Crippen LogP contribution in [0, 0.1) is 0 Å². The van der Waals surface area contributed by atoms with Crippen LogP contribution >= 0.6 is 11.6 Å². The molecule has 4 aromatic rings. The molecule has 0 saturated carbocycles. The van der Waals surface area contributed by atoms with Crippen LogP contribution < -0.4 is 47.5 Å². The van der Waals surface area contributed by atoms with E-state index in [0.29, 0.717) is 17.4 Å². The zero-order chi connectivity index (χ0) is 24.5. The molecule has 188 valence electrons. The van der Waals surface area contributed by atoms with Crippen molar-refractivity contribution in [2.24, 2.45) is 0 Å². The van der Waals surface area contributed by atoms with Gasteiger partial charge in [-0.2, -0.15) is 4.57 Å². The number of benzene rings is 3. The Morgan fingerprint density at radius 1 is 0.889 bits per heavy atom.